The zero-order valence-electron chi connectivity index (χ0n) is 52.5. The van der Waals surface area contributed by atoms with Gasteiger partial charge in [-0.2, -0.15) is 0 Å². The second-order valence-electron chi connectivity index (χ2n) is 22.2. The Labute approximate surface area is 498 Å². The van der Waals surface area contributed by atoms with Gasteiger partial charge in [0.05, 0.1) is 33.8 Å². The third-order valence-electron chi connectivity index (χ3n) is 13.3. The molecule has 0 aliphatic rings. The van der Waals surface area contributed by atoms with E-state index in [2.05, 4.69) is 160 Å². The lowest BCUT2D eigenvalue weighted by Gasteiger charge is -2.27. The van der Waals surface area contributed by atoms with Crippen molar-refractivity contribution in [2.45, 2.75) is 251 Å². The van der Waals surface area contributed by atoms with Crippen molar-refractivity contribution < 1.29 is 37.3 Å². The standard InChI is InChI=1S/C71H119N2O7P/c1-7-10-13-16-19-22-25-27-29-31-33-35-36-38-39-41-43-45-48-51-54-57-60-63-70(74)72-68(67-79-81(76,77)78-66-65-73(4,5)6)69(62-59-56-53-50-47-24-21-18-15-12-9-3)80-71(75)64-61-58-55-52-49-46-44-42-40-37-34-32-30-28-26-23-20-17-14-11-8-2/h10-11,13-14,19-20,22-23,27-30,33-35,37-39,42-45,59,62,68-69H,7-9,12,15-18,21,24-26,31-32,36,40-41,46-58,60-61,63-67H2,1-6H3,(H-,72,74,76,77)/p+1/b13-10-,14-11-,22-19-,23-20-,29-27-,30-28-,35-33-,37-34-,39-38-,44-42-,45-43-,62-59+. The van der Waals surface area contributed by atoms with Gasteiger partial charge < -0.3 is 19.4 Å². The number of nitrogens with zero attached hydrogens (tertiary/aromatic N) is 1. The molecule has 10 heteroatoms. The largest absolute Gasteiger partial charge is 0.472 e. The molecule has 2 N–H and O–H groups in total. The summed E-state index contributed by atoms with van der Waals surface area (Å²) in [5.41, 5.74) is 0. The molecule has 0 radical (unpaired) electrons. The molecular weight excluding hydrogens is 1020 g/mol. The SMILES string of the molecule is CC/C=C\C/C=C\C/C=C\C/C=C\C/C=C\C/C=C\CCCCCCC(=O)NC(COP(=O)(O)OCC[N+](C)(C)C)C(/C=C/CCCCCCCCCCC)OC(=O)CCCCCCC/C=C\C/C=C\C/C=C\C/C=C\C/C=C\CC. The summed E-state index contributed by atoms with van der Waals surface area (Å²) in [4.78, 5) is 37.8. The van der Waals surface area contributed by atoms with Crippen LogP contribution in [0.2, 0.25) is 0 Å². The van der Waals surface area contributed by atoms with Gasteiger partial charge in [-0.3, -0.25) is 18.6 Å². The van der Waals surface area contributed by atoms with Crippen LogP contribution in [0, 0.1) is 0 Å². The number of nitrogens with one attached hydrogen (secondary N) is 1. The topological polar surface area (TPSA) is 111 Å². The minimum Gasteiger partial charge on any atom is -0.456 e. The molecule has 0 fully saturated rings. The number of unbranched alkanes of at least 4 members (excludes halogenated alkanes) is 18. The molecule has 0 rings (SSSR count). The highest BCUT2D eigenvalue weighted by Gasteiger charge is 2.30. The summed E-state index contributed by atoms with van der Waals surface area (Å²) in [6, 6.07) is -0.882. The Kier molecular flexibility index (Phi) is 56.1. The summed E-state index contributed by atoms with van der Waals surface area (Å²) in [7, 11) is 1.44. The highest BCUT2D eigenvalue weighted by atomic mass is 31.2. The summed E-state index contributed by atoms with van der Waals surface area (Å²) < 4.78 is 30.7. The van der Waals surface area contributed by atoms with Crippen LogP contribution in [-0.2, 0) is 27.9 Å². The van der Waals surface area contributed by atoms with E-state index in [9.17, 15) is 19.0 Å². The summed E-state index contributed by atoms with van der Waals surface area (Å²) in [5.74, 6) is -0.568. The van der Waals surface area contributed by atoms with Gasteiger partial charge in [-0.15, -0.1) is 0 Å². The fraction of sp³-hybridized carbons (Fsp3) is 0.634. The maximum Gasteiger partial charge on any atom is 0.472 e. The first-order valence-electron chi connectivity index (χ1n) is 32.2. The predicted molar refractivity (Wildman–Crippen MR) is 350 cm³/mol. The first-order chi connectivity index (χ1) is 39.4. The molecule has 3 unspecified atom stereocenters. The van der Waals surface area contributed by atoms with E-state index in [1.807, 2.05) is 33.3 Å². The van der Waals surface area contributed by atoms with Crippen molar-refractivity contribution in [2.24, 2.45) is 0 Å². The second kappa shape index (κ2) is 59.1. The third kappa shape index (κ3) is 60.3. The average Bonchev–Trinajstić information content (AvgIpc) is 3.43. The molecule has 0 aliphatic carbocycles. The molecular formula is C71H120N2O7P+. The molecule has 0 bridgehead atoms. The number of likely N-dealkylation sites (N-methyl/N-ethyl adjacent to an activating group) is 1. The van der Waals surface area contributed by atoms with Crippen molar-refractivity contribution >= 4 is 19.7 Å². The number of esters is 1. The maximum absolute atomic E-state index is 13.6. The minimum absolute atomic E-state index is 0.0227. The smallest absolute Gasteiger partial charge is 0.456 e. The Morgan fingerprint density at radius 2 is 0.790 bits per heavy atom. The van der Waals surface area contributed by atoms with Crippen LogP contribution >= 0.6 is 7.82 Å². The van der Waals surface area contributed by atoms with Crippen molar-refractivity contribution in [1.29, 1.82) is 0 Å². The van der Waals surface area contributed by atoms with Crippen LogP contribution in [0.1, 0.15) is 239 Å². The summed E-state index contributed by atoms with van der Waals surface area (Å²) in [5, 5.41) is 3.03. The van der Waals surface area contributed by atoms with Gasteiger partial charge in [-0.1, -0.05) is 244 Å². The molecule has 0 aliphatic heterocycles. The Morgan fingerprint density at radius 1 is 0.444 bits per heavy atom. The van der Waals surface area contributed by atoms with E-state index in [0.717, 1.165) is 148 Å². The van der Waals surface area contributed by atoms with Gasteiger partial charge in [-0.25, -0.2) is 4.57 Å². The maximum atomic E-state index is 13.6. The van der Waals surface area contributed by atoms with Crippen LogP contribution in [0.3, 0.4) is 0 Å². The molecule has 0 spiro atoms. The van der Waals surface area contributed by atoms with Crippen molar-refractivity contribution in [2.75, 3.05) is 40.9 Å². The predicted octanol–water partition coefficient (Wildman–Crippen LogP) is 20.2. The number of phosphoric ester groups is 1. The molecule has 0 aromatic carbocycles. The van der Waals surface area contributed by atoms with Crippen molar-refractivity contribution in [1.82, 2.24) is 5.32 Å². The zero-order chi connectivity index (χ0) is 59.3. The number of ether oxygens (including phenoxy) is 1. The van der Waals surface area contributed by atoms with E-state index < -0.39 is 20.0 Å². The van der Waals surface area contributed by atoms with E-state index in [4.69, 9.17) is 13.8 Å². The number of rotatable bonds is 56. The third-order valence-corrected chi connectivity index (χ3v) is 14.3. The van der Waals surface area contributed by atoms with Gasteiger partial charge in [0.2, 0.25) is 5.91 Å². The van der Waals surface area contributed by atoms with Crippen LogP contribution in [0.25, 0.3) is 0 Å². The summed E-state index contributed by atoms with van der Waals surface area (Å²) in [6.45, 7) is 6.72. The number of carbonyl (C=O) groups excluding carboxylic acids is 2. The Morgan fingerprint density at radius 3 is 1.19 bits per heavy atom. The number of hydrogen-bond acceptors (Lipinski definition) is 6. The van der Waals surface area contributed by atoms with Crippen LogP contribution in [0.4, 0.5) is 0 Å². The number of hydrogen-bond donors (Lipinski definition) is 2. The first kappa shape index (κ1) is 76.9. The van der Waals surface area contributed by atoms with Gasteiger partial charge in [0.15, 0.2) is 0 Å². The Balaban J connectivity index is 5.28. The van der Waals surface area contributed by atoms with Gasteiger partial charge in [0, 0.05) is 12.8 Å². The molecule has 0 aromatic rings. The van der Waals surface area contributed by atoms with Crippen molar-refractivity contribution in [3.05, 3.63) is 146 Å². The fourth-order valence-electron chi connectivity index (χ4n) is 8.38. The molecule has 81 heavy (non-hydrogen) atoms. The summed E-state index contributed by atoms with van der Waals surface area (Å²) in [6.07, 6.45) is 85.6. The van der Waals surface area contributed by atoms with Crippen LogP contribution in [0.15, 0.2) is 146 Å². The second-order valence-corrected chi connectivity index (χ2v) is 23.6. The molecule has 460 valence electrons. The Hall–Kier alpha value is -4.11. The van der Waals surface area contributed by atoms with Crippen molar-refractivity contribution in [3.8, 4) is 0 Å². The van der Waals surface area contributed by atoms with E-state index in [-0.39, 0.29) is 37.9 Å². The van der Waals surface area contributed by atoms with E-state index in [1.165, 1.54) is 44.9 Å². The van der Waals surface area contributed by atoms with E-state index in [0.29, 0.717) is 23.9 Å². The lowest BCUT2D eigenvalue weighted by atomic mass is 10.1. The molecule has 1 amide bonds. The van der Waals surface area contributed by atoms with E-state index >= 15 is 0 Å². The lowest BCUT2D eigenvalue weighted by molar-refractivity contribution is -0.870. The number of amides is 1. The molecule has 0 aromatic heterocycles. The normalized spacial score (nSPS) is 14.6. The average molecular weight is 1140 g/mol. The summed E-state index contributed by atoms with van der Waals surface area (Å²) >= 11 is 0. The molecule has 0 saturated carbocycles. The van der Waals surface area contributed by atoms with Crippen LogP contribution in [-0.4, -0.2) is 74.3 Å². The van der Waals surface area contributed by atoms with Gasteiger partial charge in [-0.05, 0) is 128 Å². The monoisotopic (exact) mass is 1140 g/mol. The number of allylic oxidation sites excluding steroid dienone is 23. The van der Waals surface area contributed by atoms with Gasteiger partial charge in [0.1, 0.15) is 19.3 Å². The molecule has 0 heterocycles. The number of phosphoric acid groups is 1. The molecule has 9 nitrogen and oxygen atoms in total. The van der Waals surface area contributed by atoms with Crippen molar-refractivity contribution in [3.63, 3.8) is 0 Å². The molecule has 0 saturated heterocycles. The van der Waals surface area contributed by atoms with E-state index in [1.54, 1.807) is 0 Å². The van der Waals surface area contributed by atoms with Gasteiger partial charge >= 0.3 is 13.8 Å². The Bertz CT molecular complexity index is 1890. The quantitative estimate of drug-likeness (QED) is 0.0205. The van der Waals surface area contributed by atoms with Crippen LogP contribution < -0.4 is 5.32 Å². The molecule has 3 atom stereocenters. The highest BCUT2D eigenvalue weighted by Crippen LogP contribution is 2.43. The van der Waals surface area contributed by atoms with Crippen LogP contribution in [0.5, 0.6) is 0 Å². The van der Waals surface area contributed by atoms with Gasteiger partial charge in [0.25, 0.3) is 0 Å². The first-order valence-corrected chi connectivity index (χ1v) is 33.7. The number of quaternary nitrogens is 1. The number of carbonyl (C=O) groups is 2. The lowest BCUT2D eigenvalue weighted by Crippen LogP contribution is -2.47. The minimum atomic E-state index is -4.47. The fourth-order valence-corrected chi connectivity index (χ4v) is 9.12. The highest BCUT2D eigenvalue weighted by molar-refractivity contribution is 7.47. The zero-order valence-corrected chi connectivity index (χ0v) is 53.4.